The molecule has 2 heterocycles. The molecule has 3 atom stereocenters. The Bertz CT molecular complexity index is 383. The van der Waals surface area contributed by atoms with E-state index in [2.05, 4.69) is 39.2 Å². The molecule has 5 heteroatoms. The molecule has 1 aliphatic rings. The van der Waals surface area contributed by atoms with E-state index in [-0.39, 0.29) is 6.04 Å². The fraction of sp³-hybridized carbons (Fsp3) is 0.692. The van der Waals surface area contributed by atoms with E-state index >= 15 is 0 Å². The topological polar surface area (TPSA) is 38.5 Å². The smallest absolute Gasteiger partial charge is 0.0591 e. The van der Waals surface area contributed by atoms with Crippen LogP contribution in [0, 0.1) is 5.92 Å². The molecule has 0 spiro atoms. The lowest BCUT2D eigenvalue weighted by Gasteiger charge is -2.30. The van der Waals surface area contributed by atoms with Crippen LogP contribution in [0.5, 0.6) is 0 Å². The summed E-state index contributed by atoms with van der Waals surface area (Å²) in [5, 5.41) is 2.13. The van der Waals surface area contributed by atoms with Gasteiger partial charge in [0.25, 0.3) is 0 Å². The molecular weight excluding hydrogens is 312 g/mol. The summed E-state index contributed by atoms with van der Waals surface area (Å²) in [5.74, 6) is 0.652. The maximum absolute atomic E-state index is 6.20. The summed E-state index contributed by atoms with van der Waals surface area (Å²) in [6.45, 7) is 5.17. The zero-order chi connectivity index (χ0) is 13.1. The van der Waals surface area contributed by atoms with Crippen LogP contribution in [0.4, 0.5) is 0 Å². The Morgan fingerprint density at radius 1 is 1.67 bits per heavy atom. The van der Waals surface area contributed by atoms with Crippen molar-refractivity contribution < 1.29 is 4.74 Å². The van der Waals surface area contributed by atoms with E-state index in [1.807, 2.05) is 0 Å². The third-order valence-corrected chi connectivity index (χ3v) is 5.25. The molecule has 1 aromatic rings. The van der Waals surface area contributed by atoms with E-state index in [0.717, 1.165) is 24.2 Å². The van der Waals surface area contributed by atoms with Crippen LogP contribution < -0.4 is 5.73 Å². The van der Waals surface area contributed by atoms with Gasteiger partial charge >= 0.3 is 0 Å². The van der Waals surface area contributed by atoms with Crippen molar-refractivity contribution in [2.24, 2.45) is 11.7 Å². The van der Waals surface area contributed by atoms with Gasteiger partial charge in [0, 0.05) is 34.4 Å². The standard InChI is InChI=1S/C13H21BrN2OS/c1-9(15)13(12-5-11(14)8-18-12)16-4-3-10(6-16)7-17-2/h5,8-10,13H,3-4,6-7,15H2,1-2H3. The average Bonchev–Trinajstić information content (AvgIpc) is 2.90. The summed E-state index contributed by atoms with van der Waals surface area (Å²) >= 11 is 5.31. The lowest BCUT2D eigenvalue weighted by Crippen LogP contribution is -2.38. The molecule has 0 aromatic carbocycles. The van der Waals surface area contributed by atoms with Crippen molar-refractivity contribution in [1.82, 2.24) is 4.90 Å². The third kappa shape index (κ3) is 3.33. The van der Waals surface area contributed by atoms with Gasteiger partial charge in [0.15, 0.2) is 0 Å². The van der Waals surface area contributed by atoms with E-state index in [4.69, 9.17) is 10.5 Å². The number of methoxy groups -OCH3 is 1. The van der Waals surface area contributed by atoms with E-state index in [1.54, 1.807) is 18.4 Å². The van der Waals surface area contributed by atoms with E-state index < -0.39 is 0 Å². The van der Waals surface area contributed by atoms with E-state index in [1.165, 1.54) is 11.3 Å². The third-order valence-electron chi connectivity index (χ3n) is 3.49. The van der Waals surface area contributed by atoms with Crippen molar-refractivity contribution in [2.75, 3.05) is 26.8 Å². The van der Waals surface area contributed by atoms with Gasteiger partial charge in [-0.2, -0.15) is 0 Å². The molecule has 2 rings (SSSR count). The maximum atomic E-state index is 6.20. The highest BCUT2D eigenvalue weighted by Gasteiger charge is 2.31. The number of nitrogens with zero attached hydrogens (tertiary/aromatic N) is 1. The number of nitrogens with two attached hydrogens (primary N) is 1. The van der Waals surface area contributed by atoms with Crippen molar-refractivity contribution in [3.63, 3.8) is 0 Å². The molecule has 1 aliphatic heterocycles. The molecular formula is C13H21BrN2OS. The molecule has 1 fully saturated rings. The Morgan fingerprint density at radius 2 is 2.44 bits per heavy atom. The molecule has 3 nitrogen and oxygen atoms in total. The van der Waals surface area contributed by atoms with Crippen LogP contribution in [0.3, 0.4) is 0 Å². The first-order valence-electron chi connectivity index (χ1n) is 6.34. The molecule has 0 saturated carbocycles. The van der Waals surface area contributed by atoms with Crippen molar-refractivity contribution >= 4 is 27.3 Å². The van der Waals surface area contributed by atoms with Gasteiger partial charge in [-0.05, 0) is 47.8 Å². The molecule has 2 N–H and O–H groups in total. The van der Waals surface area contributed by atoms with Gasteiger partial charge in [-0.15, -0.1) is 11.3 Å². The first-order chi connectivity index (χ1) is 8.61. The van der Waals surface area contributed by atoms with Gasteiger partial charge in [-0.25, -0.2) is 0 Å². The van der Waals surface area contributed by atoms with Crippen LogP contribution in [0.1, 0.15) is 24.3 Å². The summed E-state index contributed by atoms with van der Waals surface area (Å²) in [6.07, 6.45) is 1.21. The van der Waals surface area contributed by atoms with Crippen molar-refractivity contribution in [2.45, 2.75) is 25.4 Å². The second-order valence-electron chi connectivity index (χ2n) is 5.08. The van der Waals surface area contributed by atoms with Gasteiger partial charge in [0.1, 0.15) is 0 Å². The second-order valence-corrected chi connectivity index (χ2v) is 6.93. The van der Waals surface area contributed by atoms with E-state index in [9.17, 15) is 0 Å². The number of halogens is 1. The Kier molecular flexibility index (Phi) is 5.21. The highest BCUT2D eigenvalue weighted by atomic mass is 79.9. The van der Waals surface area contributed by atoms with Crippen LogP contribution in [0.15, 0.2) is 15.9 Å². The minimum atomic E-state index is 0.150. The van der Waals surface area contributed by atoms with Gasteiger partial charge in [0.05, 0.1) is 12.6 Å². The van der Waals surface area contributed by atoms with Crippen LogP contribution in [-0.2, 0) is 4.74 Å². The summed E-state index contributed by atoms with van der Waals surface area (Å²) in [6, 6.07) is 2.68. The van der Waals surface area contributed by atoms with Gasteiger partial charge in [0.2, 0.25) is 0 Å². The average molecular weight is 333 g/mol. The molecule has 1 saturated heterocycles. The fourth-order valence-corrected chi connectivity index (χ4v) is 4.44. The van der Waals surface area contributed by atoms with Crippen molar-refractivity contribution in [1.29, 1.82) is 0 Å². The van der Waals surface area contributed by atoms with Gasteiger partial charge < -0.3 is 10.5 Å². The molecule has 0 radical (unpaired) electrons. The van der Waals surface area contributed by atoms with Gasteiger partial charge in [-0.1, -0.05) is 0 Å². The van der Waals surface area contributed by atoms with Crippen molar-refractivity contribution in [3.8, 4) is 0 Å². The number of hydrogen-bond acceptors (Lipinski definition) is 4. The molecule has 18 heavy (non-hydrogen) atoms. The largest absolute Gasteiger partial charge is 0.384 e. The number of hydrogen-bond donors (Lipinski definition) is 1. The molecule has 0 amide bonds. The second kappa shape index (κ2) is 6.48. The highest BCUT2D eigenvalue weighted by molar-refractivity contribution is 9.10. The molecule has 102 valence electrons. The Balaban J connectivity index is 2.07. The first kappa shape index (κ1) is 14.5. The Morgan fingerprint density at radius 3 is 3.00 bits per heavy atom. The fourth-order valence-electron chi connectivity index (χ4n) is 2.74. The van der Waals surface area contributed by atoms with Crippen LogP contribution in [-0.4, -0.2) is 37.7 Å². The Labute approximate surface area is 121 Å². The predicted molar refractivity (Wildman–Crippen MR) is 80.0 cm³/mol. The maximum Gasteiger partial charge on any atom is 0.0591 e. The molecule has 0 aliphatic carbocycles. The molecule has 0 bridgehead atoms. The summed E-state index contributed by atoms with van der Waals surface area (Å²) < 4.78 is 6.41. The summed E-state index contributed by atoms with van der Waals surface area (Å²) in [4.78, 5) is 3.86. The van der Waals surface area contributed by atoms with Crippen LogP contribution in [0.2, 0.25) is 0 Å². The van der Waals surface area contributed by atoms with Crippen LogP contribution >= 0.6 is 27.3 Å². The molecule has 3 unspecified atom stereocenters. The number of rotatable bonds is 5. The summed E-state index contributed by atoms with van der Waals surface area (Å²) in [7, 11) is 1.78. The minimum absolute atomic E-state index is 0.150. The first-order valence-corrected chi connectivity index (χ1v) is 8.01. The highest BCUT2D eigenvalue weighted by Crippen LogP contribution is 2.34. The summed E-state index contributed by atoms with van der Waals surface area (Å²) in [5.41, 5.74) is 6.20. The lowest BCUT2D eigenvalue weighted by molar-refractivity contribution is 0.144. The number of ether oxygens (including phenoxy) is 1. The van der Waals surface area contributed by atoms with Gasteiger partial charge in [-0.3, -0.25) is 4.90 Å². The number of likely N-dealkylation sites (tertiary alicyclic amines) is 1. The van der Waals surface area contributed by atoms with E-state index in [0.29, 0.717) is 12.0 Å². The Hall–Kier alpha value is 0.0600. The number of thiophene rings is 1. The minimum Gasteiger partial charge on any atom is -0.384 e. The van der Waals surface area contributed by atoms with Crippen molar-refractivity contribution in [3.05, 3.63) is 20.8 Å². The SMILES string of the molecule is COCC1CCN(C(c2cc(Br)cs2)C(C)N)C1. The predicted octanol–water partition coefficient (Wildman–Crippen LogP) is 2.87. The zero-order valence-electron chi connectivity index (χ0n) is 10.9. The van der Waals surface area contributed by atoms with Crippen LogP contribution in [0.25, 0.3) is 0 Å². The zero-order valence-corrected chi connectivity index (χ0v) is 13.3. The normalized spacial score (nSPS) is 24.3. The lowest BCUT2D eigenvalue weighted by atomic mass is 10.1. The monoisotopic (exact) mass is 332 g/mol. The molecule has 1 aromatic heterocycles. The quantitative estimate of drug-likeness (QED) is 0.900.